The molecule has 3 nitrogen and oxygen atoms in total. The van der Waals surface area contributed by atoms with Crippen LogP contribution < -0.4 is 5.32 Å². The van der Waals surface area contributed by atoms with Crippen LogP contribution in [0, 0.1) is 11.3 Å². The largest absolute Gasteiger partial charge is 0.378 e. The summed E-state index contributed by atoms with van der Waals surface area (Å²) in [6, 6.07) is 19.3. The predicted molar refractivity (Wildman–Crippen MR) is 85.2 cm³/mol. The Morgan fingerprint density at radius 2 is 1.95 bits per heavy atom. The molecule has 0 aliphatic heterocycles. The van der Waals surface area contributed by atoms with Crippen molar-refractivity contribution in [3.05, 3.63) is 70.9 Å². The molecule has 0 fully saturated rings. The van der Waals surface area contributed by atoms with Crippen LogP contribution in [0.1, 0.15) is 11.3 Å². The molecule has 1 N–H and O–H groups in total. The number of nitrogens with one attached hydrogen (secondary N) is 1. The van der Waals surface area contributed by atoms with Crippen LogP contribution in [-0.4, -0.2) is 4.98 Å². The van der Waals surface area contributed by atoms with Gasteiger partial charge in [0.2, 0.25) is 0 Å². The summed E-state index contributed by atoms with van der Waals surface area (Å²) in [7, 11) is 0. The van der Waals surface area contributed by atoms with E-state index in [0.717, 1.165) is 22.3 Å². The standard InChI is InChI=1S/C17H12ClN3/c18-15-9-12(10-19)5-8-17(15)20-11-14-7-6-13-3-1-2-4-16(13)21-14/h1-9,20H,11H2. The molecule has 0 unspecified atom stereocenters. The highest BCUT2D eigenvalue weighted by Gasteiger charge is 2.03. The van der Waals surface area contributed by atoms with Gasteiger partial charge in [0.25, 0.3) is 0 Å². The maximum absolute atomic E-state index is 8.82. The molecule has 0 saturated heterocycles. The number of halogens is 1. The van der Waals surface area contributed by atoms with Gasteiger partial charge in [0.05, 0.1) is 40.1 Å². The number of fused-ring (bicyclic) bond motifs is 1. The minimum atomic E-state index is 0.537. The lowest BCUT2D eigenvalue weighted by molar-refractivity contribution is 1.07. The van der Waals surface area contributed by atoms with Crippen LogP contribution in [0.2, 0.25) is 5.02 Å². The summed E-state index contributed by atoms with van der Waals surface area (Å²) in [6.07, 6.45) is 0. The molecule has 1 aromatic heterocycles. The van der Waals surface area contributed by atoms with Gasteiger partial charge in [-0.1, -0.05) is 35.9 Å². The molecule has 0 saturated carbocycles. The van der Waals surface area contributed by atoms with Crippen LogP contribution in [0.25, 0.3) is 10.9 Å². The van der Waals surface area contributed by atoms with Crippen molar-refractivity contribution in [1.29, 1.82) is 5.26 Å². The summed E-state index contributed by atoms with van der Waals surface area (Å²) >= 11 is 6.14. The SMILES string of the molecule is N#Cc1ccc(NCc2ccc3ccccc3n2)c(Cl)c1. The Morgan fingerprint density at radius 3 is 2.76 bits per heavy atom. The van der Waals surface area contributed by atoms with Crippen molar-refractivity contribution in [1.82, 2.24) is 4.98 Å². The third-order valence-electron chi connectivity index (χ3n) is 3.21. The molecule has 0 bridgehead atoms. The first kappa shape index (κ1) is 13.4. The number of nitrogens with zero attached hydrogens (tertiary/aromatic N) is 2. The van der Waals surface area contributed by atoms with E-state index in [1.54, 1.807) is 12.1 Å². The number of anilines is 1. The van der Waals surface area contributed by atoms with Crippen molar-refractivity contribution in [2.75, 3.05) is 5.32 Å². The smallest absolute Gasteiger partial charge is 0.0992 e. The molecule has 4 heteroatoms. The molecule has 1 heterocycles. The van der Waals surface area contributed by atoms with Gasteiger partial charge >= 0.3 is 0 Å². The quantitative estimate of drug-likeness (QED) is 0.780. The van der Waals surface area contributed by atoms with Crippen LogP contribution in [-0.2, 0) is 6.54 Å². The van der Waals surface area contributed by atoms with Crippen LogP contribution in [0.3, 0.4) is 0 Å². The zero-order valence-corrected chi connectivity index (χ0v) is 11.9. The molecule has 0 amide bonds. The number of hydrogen-bond acceptors (Lipinski definition) is 3. The molecule has 2 aromatic carbocycles. The molecular weight excluding hydrogens is 282 g/mol. The Kier molecular flexibility index (Phi) is 3.72. The molecule has 0 aliphatic rings. The number of rotatable bonds is 3. The van der Waals surface area contributed by atoms with Gasteiger partial charge in [-0.3, -0.25) is 4.98 Å². The number of para-hydroxylation sites is 1. The molecule has 3 rings (SSSR count). The maximum Gasteiger partial charge on any atom is 0.0992 e. The lowest BCUT2D eigenvalue weighted by Gasteiger charge is -2.09. The lowest BCUT2D eigenvalue weighted by Crippen LogP contribution is -2.02. The molecule has 0 radical (unpaired) electrons. The summed E-state index contributed by atoms with van der Waals surface area (Å²) in [5.41, 5.74) is 3.26. The second kappa shape index (κ2) is 5.82. The first-order chi connectivity index (χ1) is 10.3. The average molecular weight is 294 g/mol. The van der Waals surface area contributed by atoms with E-state index >= 15 is 0 Å². The van der Waals surface area contributed by atoms with E-state index in [0.29, 0.717) is 17.1 Å². The first-order valence-electron chi connectivity index (χ1n) is 6.54. The Labute approximate surface area is 127 Å². The fourth-order valence-corrected chi connectivity index (χ4v) is 2.37. The molecule has 3 aromatic rings. The monoisotopic (exact) mass is 293 g/mol. The van der Waals surface area contributed by atoms with Crippen molar-refractivity contribution in [2.45, 2.75) is 6.54 Å². The van der Waals surface area contributed by atoms with Gasteiger partial charge in [0.15, 0.2) is 0 Å². The van der Waals surface area contributed by atoms with Crippen molar-refractivity contribution >= 4 is 28.2 Å². The van der Waals surface area contributed by atoms with Crippen molar-refractivity contribution in [2.24, 2.45) is 0 Å². The number of hydrogen-bond donors (Lipinski definition) is 1. The molecule has 21 heavy (non-hydrogen) atoms. The van der Waals surface area contributed by atoms with E-state index in [1.165, 1.54) is 0 Å². The van der Waals surface area contributed by atoms with Gasteiger partial charge in [-0.05, 0) is 30.3 Å². The average Bonchev–Trinajstić information content (AvgIpc) is 2.53. The van der Waals surface area contributed by atoms with Crippen LogP contribution in [0.5, 0.6) is 0 Å². The first-order valence-corrected chi connectivity index (χ1v) is 6.92. The van der Waals surface area contributed by atoms with Crippen molar-refractivity contribution < 1.29 is 0 Å². The summed E-state index contributed by atoms with van der Waals surface area (Å²) < 4.78 is 0. The Morgan fingerprint density at radius 1 is 1.10 bits per heavy atom. The van der Waals surface area contributed by atoms with Gasteiger partial charge < -0.3 is 5.32 Å². The number of benzene rings is 2. The highest BCUT2D eigenvalue weighted by Crippen LogP contribution is 2.23. The van der Waals surface area contributed by atoms with E-state index in [4.69, 9.17) is 16.9 Å². The van der Waals surface area contributed by atoms with Crippen LogP contribution >= 0.6 is 11.6 Å². The van der Waals surface area contributed by atoms with E-state index in [1.807, 2.05) is 36.4 Å². The Balaban J connectivity index is 1.78. The zero-order valence-electron chi connectivity index (χ0n) is 11.2. The van der Waals surface area contributed by atoms with Crippen LogP contribution in [0.15, 0.2) is 54.6 Å². The van der Waals surface area contributed by atoms with Crippen molar-refractivity contribution in [3.63, 3.8) is 0 Å². The molecule has 0 atom stereocenters. The third-order valence-corrected chi connectivity index (χ3v) is 3.53. The maximum atomic E-state index is 8.82. The molecule has 0 aliphatic carbocycles. The highest BCUT2D eigenvalue weighted by molar-refractivity contribution is 6.33. The minimum absolute atomic E-state index is 0.537. The van der Waals surface area contributed by atoms with Gasteiger partial charge in [-0.25, -0.2) is 0 Å². The highest BCUT2D eigenvalue weighted by atomic mass is 35.5. The fourth-order valence-electron chi connectivity index (χ4n) is 2.12. The minimum Gasteiger partial charge on any atom is -0.378 e. The Bertz CT molecular complexity index is 837. The Hall–Kier alpha value is -2.57. The number of nitriles is 1. The normalized spacial score (nSPS) is 10.3. The zero-order chi connectivity index (χ0) is 14.7. The van der Waals surface area contributed by atoms with E-state index < -0.39 is 0 Å². The summed E-state index contributed by atoms with van der Waals surface area (Å²) in [6.45, 7) is 0.580. The number of aromatic nitrogens is 1. The summed E-state index contributed by atoms with van der Waals surface area (Å²) in [5.74, 6) is 0. The summed E-state index contributed by atoms with van der Waals surface area (Å²) in [4.78, 5) is 4.60. The fraction of sp³-hybridized carbons (Fsp3) is 0.0588. The van der Waals surface area contributed by atoms with Gasteiger partial charge in [0, 0.05) is 5.39 Å². The second-order valence-electron chi connectivity index (χ2n) is 4.66. The molecule has 0 spiro atoms. The van der Waals surface area contributed by atoms with Gasteiger partial charge in [-0.2, -0.15) is 5.26 Å². The number of pyridine rings is 1. The predicted octanol–water partition coefficient (Wildman–Crippen LogP) is 4.37. The molecular formula is C17H12ClN3. The van der Waals surface area contributed by atoms with E-state index in [-0.39, 0.29) is 0 Å². The molecule has 102 valence electrons. The van der Waals surface area contributed by atoms with E-state index in [2.05, 4.69) is 22.4 Å². The summed E-state index contributed by atoms with van der Waals surface area (Å²) in [5, 5.41) is 13.7. The van der Waals surface area contributed by atoms with Crippen LogP contribution in [0.4, 0.5) is 5.69 Å². The van der Waals surface area contributed by atoms with Gasteiger partial charge in [-0.15, -0.1) is 0 Å². The van der Waals surface area contributed by atoms with Gasteiger partial charge in [0.1, 0.15) is 0 Å². The van der Waals surface area contributed by atoms with Crippen molar-refractivity contribution in [3.8, 4) is 6.07 Å². The second-order valence-corrected chi connectivity index (χ2v) is 5.06. The van der Waals surface area contributed by atoms with E-state index in [9.17, 15) is 0 Å². The lowest BCUT2D eigenvalue weighted by atomic mass is 10.2. The topological polar surface area (TPSA) is 48.7 Å². The third kappa shape index (κ3) is 2.96.